The fourth-order valence-electron chi connectivity index (χ4n) is 4.07. The van der Waals surface area contributed by atoms with Gasteiger partial charge in [0.25, 0.3) is 0 Å². The van der Waals surface area contributed by atoms with Gasteiger partial charge in [-0.3, -0.25) is 0 Å². The van der Waals surface area contributed by atoms with Gasteiger partial charge in [0.15, 0.2) is 0 Å². The molecule has 0 heterocycles. The molecule has 0 aromatic heterocycles. The van der Waals surface area contributed by atoms with Gasteiger partial charge in [0.05, 0.1) is 0 Å². The first-order valence-electron chi connectivity index (χ1n) is 8.48. The highest BCUT2D eigenvalue weighted by Gasteiger charge is 2.28. The summed E-state index contributed by atoms with van der Waals surface area (Å²) in [5.74, 6) is 0.520. The number of hydrogen-bond acceptors (Lipinski definition) is 1. The maximum atomic E-state index is 2.38. The molecule has 4 rings (SSSR count). The van der Waals surface area contributed by atoms with Crippen molar-refractivity contribution in [2.45, 2.75) is 24.8 Å². The molecule has 23 heavy (non-hydrogen) atoms. The third-order valence-electron chi connectivity index (χ3n) is 5.26. The van der Waals surface area contributed by atoms with E-state index in [2.05, 4.69) is 85.7 Å². The minimum atomic E-state index is 0.520. The highest BCUT2D eigenvalue weighted by Crippen LogP contribution is 2.43. The Labute approximate surface area is 138 Å². The van der Waals surface area contributed by atoms with Gasteiger partial charge in [0.2, 0.25) is 0 Å². The zero-order chi connectivity index (χ0) is 15.8. The van der Waals surface area contributed by atoms with Crippen LogP contribution in [0.25, 0.3) is 10.8 Å². The fourth-order valence-corrected chi connectivity index (χ4v) is 4.07. The molecule has 1 nitrogen and oxygen atoms in total. The highest BCUT2D eigenvalue weighted by molar-refractivity contribution is 5.83. The van der Waals surface area contributed by atoms with Gasteiger partial charge >= 0.3 is 0 Å². The number of nitrogens with zero attached hydrogens (tertiary/aromatic N) is 1. The molecule has 0 N–H and O–H groups in total. The highest BCUT2D eigenvalue weighted by atomic mass is 15.1. The summed E-state index contributed by atoms with van der Waals surface area (Å²) in [7, 11) is 4.38. The average Bonchev–Trinajstić information content (AvgIpc) is 2.60. The van der Waals surface area contributed by atoms with E-state index in [0.717, 1.165) is 0 Å². The van der Waals surface area contributed by atoms with E-state index in [0.29, 0.717) is 12.0 Å². The van der Waals surface area contributed by atoms with Crippen molar-refractivity contribution in [2.24, 2.45) is 0 Å². The van der Waals surface area contributed by atoms with Crippen molar-refractivity contribution in [3.05, 3.63) is 83.4 Å². The summed E-state index contributed by atoms with van der Waals surface area (Å²) in [6.07, 6.45) is 2.44. The van der Waals surface area contributed by atoms with Crippen molar-refractivity contribution >= 4 is 10.8 Å². The number of hydrogen-bond donors (Lipinski definition) is 0. The van der Waals surface area contributed by atoms with Gasteiger partial charge < -0.3 is 4.90 Å². The molecule has 0 aliphatic heterocycles. The molecule has 0 saturated heterocycles. The number of fused-ring (bicyclic) bond motifs is 2. The normalized spacial score (nSPS) is 20.7. The van der Waals surface area contributed by atoms with Gasteiger partial charge in [0, 0.05) is 12.0 Å². The van der Waals surface area contributed by atoms with Crippen molar-refractivity contribution < 1.29 is 0 Å². The predicted molar refractivity (Wildman–Crippen MR) is 97.9 cm³/mol. The summed E-state index contributed by atoms with van der Waals surface area (Å²) in [6.45, 7) is 0. The van der Waals surface area contributed by atoms with Gasteiger partial charge in [-0.2, -0.15) is 0 Å². The molecule has 116 valence electrons. The number of benzene rings is 3. The van der Waals surface area contributed by atoms with Crippen LogP contribution in [0.1, 0.15) is 41.5 Å². The summed E-state index contributed by atoms with van der Waals surface area (Å²) >= 11 is 0. The lowest BCUT2D eigenvalue weighted by Gasteiger charge is -2.35. The average molecular weight is 301 g/mol. The summed E-state index contributed by atoms with van der Waals surface area (Å²) in [6, 6.07) is 25.2. The third-order valence-corrected chi connectivity index (χ3v) is 5.26. The largest absolute Gasteiger partial charge is 0.302 e. The van der Waals surface area contributed by atoms with Crippen molar-refractivity contribution in [2.75, 3.05) is 14.1 Å². The molecule has 1 unspecified atom stereocenters. The molecule has 0 bridgehead atoms. The van der Waals surface area contributed by atoms with E-state index in [9.17, 15) is 0 Å². The SMILES string of the molecule is CN(C)C1CC[C@H](c2ccc3ccccc3c2)c2ccccc21. The molecule has 0 saturated carbocycles. The Morgan fingerprint density at radius 3 is 2.22 bits per heavy atom. The Kier molecular flexibility index (Phi) is 3.66. The minimum Gasteiger partial charge on any atom is -0.302 e. The quantitative estimate of drug-likeness (QED) is 0.615. The van der Waals surface area contributed by atoms with Gasteiger partial charge in [-0.25, -0.2) is 0 Å². The minimum absolute atomic E-state index is 0.520. The molecular weight excluding hydrogens is 278 g/mol. The second-order valence-corrected chi connectivity index (χ2v) is 6.84. The molecule has 0 spiro atoms. The van der Waals surface area contributed by atoms with E-state index in [-0.39, 0.29) is 0 Å². The molecule has 3 aromatic rings. The molecule has 1 aliphatic rings. The summed E-state index contributed by atoms with van der Waals surface area (Å²) < 4.78 is 0. The van der Waals surface area contributed by atoms with E-state index in [1.807, 2.05) is 0 Å². The first-order chi connectivity index (χ1) is 11.2. The van der Waals surface area contributed by atoms with Crippen molar-refractivity contribution in [1.29, 1.82) is 0 Å². The van der Waals surface area contributed by atoms with Crippen LogP contribution in [0.5, 0.6) is 0 Å². The van der Waals surface area contributed by atoms with Crippen molar-refractivity contribution in [1.82, 2.24) is 4.90 Å². The molecule has 3 aromatic carbocycles. The van der Waals surface area contributed by atoms with Gasteiger partial charge in [0.1, 0.15) is 0 Å². The van der Waals surface area contributed by atoms with Crippen LogP contribution in [0.15, 0.2) is 66.7 Å². The molecule has 2 atom stereocenters. The van der Waals surface area contributed by atoms with Gasteiger partial charge in [-0.1, -0.05) is 66.7 Å². The fraction of sp³-hybridized carbons (Fsp3) is 0.273. The maximum absolute atomic E-state index is 2.38. The van der Waals surface area contributed by atoms with E-state index in [4.69, 9.17) is 0 Å². The first-order valence-corrected chi connectivity index (χ1v) is 8.48. The summed E-state index contributed by atoms with van der Waals surface area (Å²) in [5.41, 5.74) is 4.46. The lowest BCUT2D eigenvalue weighted by atomic mass is 9.76. The van der Waals surface area contributed by atoms with Crippen LogP contribution in [0.3, 0.4) is 0 Å². The Hall–Kier alpha value is -2.12. The van der Waals surface area contributed by atoms with E-state index < -0.39 is 0 Å². The Balaban J connectivity index is 1.80. The maximum Gasteiger partial charge on any atom is 0.0345 e. The Morgan fingerprint density at radius 2 is 1.43 bits per heavy atom. The topological polar surface area (TPSA) is 3.24 Å². The van der Waals surface area contributed by atoms with Crippen LogP contribution >= 0.6 is 0 Å². The molecule has 1 aliphatic carbocycles. The van der Waals surface area contributed by atoms with Crippen molar-refractivity contribution in [3.8, 4) is 0 Å². The lowest BCUT2D eigenvalue weighted by molar-refractivity contribution is 0.263. The first kappa shape index (κ1) is 14.5. The van der Waals surface area contributed by atoms with Crippen molar-refractivity contribution in [3.63, 3.8) is 0 Å². The Bertz CT molecular complexity index is 834. The number of rotatable bonds is 2. The second kappa shape index (κ2) is 5.82. The summed E-state index contributed by atoms with van der Waals surface area (Å²) in [5, 5.41) is 2.67. The summed E-state index contributed by atoms with van der Waals surface area (Å²) in [4.78, 5) is 2.36. The standard InChI is InChI=1S/C22H23N/c1-23(2)22-14-13-19(20-9-5-6-10-21(20)22)18-12-11-16-7-3-4-8-17(16)15-18/h3-12,15,19,22H,13-14H2,1-2H3/t19-,22?/m1/s1. The Morgan fingerprint density at radius 1 is 0.739 bits per heavy atom. The van der Waals surface area contributed by atoms with Gasteiger partial charge in [-0.05, 0) is 54.4 Å². The van der Waals surface area contributed by atoms with Crippen LogP contribution in [0.2, 0.25) is 0 Å². The van der Waals surface area contributed by atoms with Crippen LogP contribution in [-0.4, -0.2) is 19.0 Å². The molecule has 1 heteroatoms. The monoisotopic (exact) mass is 301 g/mol. The molecule has 0 radical (unpaired) electrons. The second-order valence-electron chi connectivity index (χ2n) is 6.84. The van der Waals surface area contributed by atoms with Crippen LogP contribution < -0.4 is 0 Å². The molecule has 0 amide bonds. The molecule has 0 fully saturated rings. The smallest absolute Gasteiger partial charge is 0.0345 e. The van der Waals surface area contributed by atoms with E-state index in [1.54, 1.807) is 0 Å². The zero-order valence-corrected chi connectivity index (χ0v) is 13.9. The third kappa shape index (κ3) is 2.55. The van der Waals surface area contributed by atoms with E-state index >= 15 is 0 Å². The predicted octanol–water partition coefficient (Wildman–Crippen LogP) is 5.37. The zero-order valence-electron chi connectivity index (χ0n) is 13.9. The van der Waals surface area contributed by atoms with Crippen LogP contribution in [-0.2, 0) is 0 Å². The molecular formula is C22H23N. The lowest BCUT2D eigenvalue weighted by Crippen LogP contribution is -2.26. The van der Waals surface area contributed by atoms with Crippen LogP contribution in [0, 0.1) is 0 Å². The van der Waals surface area contributed by atoms with Crippen LogP contribution in [0.4, 0.5) is 0 Å². The van der Waals surface area contributed by atoms with Gasteiger partial charge in [-0.15, -0.1) is 0 Å². The van der Waals surface area contributed by atoms with E-state index in [1.165, 1.54) is 40.3 Å².